The number of amides is 1. The molecule has 18 heavy (non-hydrogen) atoms. The van der Waals surface area contributed by atoms with Gasteiger partial charge in [-0.15, -0.1) is 0 Å². The normalized spacial score (nSPS) is 35.3. The maximum atomic E-state index is 11.9. The number of nitrogens with two attached hydrogens (primary N) is 1. The zero-order valence-electron chi connectivity index (χ0n) is 10.6. The van der Waals surface area contributed by atoms with Crippen molar-refractivity contribution in [3.05, 3.63) is 0 Å². The van der Waals surface area contributed by atoms with Gasteiger partial charge in [-0.05, 0) is 25.2 Å². The first-order chi connectivity index (χ1) is 8.46. The van der Waals surface area contributed by atoms with E-state index in [4.69, 9.17) is 5.73 Å². The molecular weight excluding hydrogens is 252 g/mol. The van der Waals surface area contributed by atoms with Crippen molar-refractivity contribution < 1.29 is 13.2 Å². The molecule has 0 aromatic heterocycles. The molecule has 1 aliphatic heterocycles. The third-order valence-corrected chi connectivity index (χ3v) is 5.80. The lowest BCUT2D eigenvalue weighted by molar-refractivity contribution is -0.122. The number of carbonyl (C=O) groups is 1. The highest BCUT2D eigenvalue weighted by Crippen LogP contribution is 2.22. The van der Waals surface area contributed by atoms with Gasteiger partial charge < -0.3 is 11.1 Å². The van der Waals surface area contributed by atoms with Gasteiger partial charge in [-0.3, -0.25) is 4.79 Å². The van der Waals surface area contributed by atoms with Crippen LogP contribution in [0.4, 0.5) is 0 Å². The lowest BCUT2D eigenvalue weighted by Gasteiger charge is -2.29. The summed E-state index contributed by atoms with van der Waals surface area (Å²) in [6, 6.07) is 0.124. The van der Waals surface area contributed by atoms with Crippen molar-refractivity contribution in [2.24, 2.45) is 11.7 Å². The Morgan fingerprint density at radius 2 is 1.94 bits per heavy atom. The molecule has 5 nitrogen and oxygen atoms in total. The summed E-state index contributed by atoms with van der Waals surface area (Å²) in [6.45, 7) is 0. The molecule has 104 valence electrons. The van der Waals surface area contributed by atoms with E-state index in [0.29, 0.717) is 12.8 Å². The van der Waals surface area contributed by atoms with Crippen molar-refractivity contribution in [2.75, 3.05) is 11.5 Å². The molecule has 6 heteroatoms. The fourth-order valence-electron chi connectivity index (χ4n) is 2.90. The molecule has 3 unspecified atom stereocenters. The molecule has 0 spiro atoms. The highest BCUT2D eigenvalue weighted by Gasteiger charge is 2.30. The molecule has 1 saturated heterocycles. The van der Waals surface area contributed by atoms with Crippen LogP contribution in [0, 0.1) is 5.92 Å². The average Bonchev–Trinajstić information content (AvgIpc) is 2.61. The highest BCUT2D eigenvalue weighted by atomic mass is 32.2. The van der Waals surface area contributed by atoms with Crippen LogP contribution in [0.5, 0.6) is 0 Å². The number of hydrogen-bond acceptors (Lipinski definition) is 4. The van der Waals surface area contributed by atoms with Crippen LogP contribution in [-0.2, 0) is 14.6 Å². The van der Waals surface area contributed by atoms with Gasteiger partial charge in [0.05, 0.1) is 11.5 Å². The summed E-state index contributed by atoms with van der Waals surface area (Å²) in [5.41, 5.74) is 5.97. The molecule has 3 N–H and O–H groups in total. The third kappa shape index (κ3) is 3.68. The standard InChI is InChI=1S/C12H22N2O3S/c13-10-3-1-2-4-11(10)14-12(15)7-9-5-6-18(16,17)8-9/h9-11H,1-8,13H2,(H,14,15). The molecule has 1 saturated carbocycles. The number of sulfone groups is 1. The molecule has 0 aromatic carbocycles. The second-order valence-electron chi connectivity index (χ2n) is 5.60. The van der Waals surface area contributed by atoms with Crippen LogP contribution in [0.1, 0.15) is 38.5 Å². The first kappa shape index (κ1) is 13.8. The van der Waals surface area contributed by atoms with Crippen molar-refractivity contribution in [2.45, 2.75) is 50.6 Å². The Kier molecular flexibility index (Phi) is 4.27. The number of carbonyl (C=O) groups excluding carboxylic acids is 1. The maximum Gasteiger partial charge on any atom is 0.220 e. The molecule has 2 fully saturated rings. The van der Waals surface area contributed by atoms with Gasteiger partial charge in [0, 0.05) is 18.5 Å². The van der Waals surface area contributed by atoms with E-state index in [1.54, 1.807) is 0 Å². The smallest absolute Gasteiger partial charge is 0.220 e. The minimum absolute atomic E-state index is 0.00480. The lowest BCUT2D eigenvalue weighted by atomic mass is 9.90. The summed E-state index contributed by atoms with van der Waals surface area (Å²) in [7, 11) is -2.89. The molecule has 1 amide bonds. The molecule has 1 heterocycles. The lowest BCUT2D eigenvalue weighted by Crippen LogP contribution is -2.49. The van der Waals surface area contributed by atoms with Gasteiger partial charge >= 0.3 is 0 Å². The summed E-state index contributed by atoms with van der Waals surface area (Å²) in [5, 5.41) is 2.96. The van der Waals surface area contributed by atoms with Gasteiger partial charge in [0.25, 0.3) is 0 Å². The van der Waals surface area contributed by atoms with E-state index >= 15 is 0 Å². The van der Waals surface area contributed by atoms with Gasteiger partial charge in [0.15, 0.2) is 9.84 Å². The third-order valence-electron chi connectivity index (χ3n) is 3.97. The molecule has 3 atom stereocenters. The monoisotopic (exact) mass is 274 g/mol. The highest BCUT2D eigenvalue weighted by molar-refractivity contribution is 7.91. The largest absolute Gasteiger partial charge is 0.352 e. The second-order valence-corrected chi connectivity index (χ2v) is 7.82. The van der Waals surface area contributed by atoms with Crippen molar-refractivity contribution in [3.8, 4) is 0 Å². The number of rotatable bonds is 3. The molecular formula is C12H22N2O3S. The Morgan fingerprint density at radius 1 is 1.22 bits per heavy atom. The number of nitrogens with one attached hydrogen (secondary N) is 1. The SMILES string of the molecule is NC1CCCCC1NC(=O)CC1CCS(=O)(=O)C1. The zero-order chi connectivity index (χ0) is 13.2. The molecule has 2 aliphatic rings. The summed E-state index contributed by atoms with van der Waals surface area (Å²) in [5.74, 6) is 0.347. The first-order valence-corrected chi connectivity index (χ1v) is 8.54. The fourth-order valence-corrected chi connectivity index (χ4v) is 4.76. The predicted molar refractivity (Wildman–Crippen MR) is 69.8 cm³/mol. The summed E-state index contributed by atoms with van der Waals surface area (Å²) < 4.78 is 22.6. The van der Waals surface area contributed by atoms with Gasteiger partial charge in [-0.1, -0.05) is 12.8 Å². The van der Waals surface area contributed by atoms with Crippen molar-refractivity contribution in [3.63, 3.8) is 0 Å². The Balaban J connectivity index is 1.78. The van der Waals surface area contributed by atoms with Crippen molar-refractivity contribution >= 4 is 15.7 Å². The van der Waals surface area contributed by atoms with Crippen LogP contribution in [0.3, 0.4) is 0 Å². The van der Waals surface area contributed by atoms with Crippen LogP contribution < -0.4 is 11.1 Å². The second kappa shape index (κ2) is 5.57. The molecule has 0 aromatic rings. The molecule has 0 bridgehead atoms. The average molecular weight is 274 g/mol. The van der Waals surface area contributed by atoms with Crippen LogP contribution >= 0.6 is 0 Å². The van der Waals surface area contributed by atoms with Crippen LogP contribution in [0.25, 0.3) is 0 Å². The van der Waals surface area contributed by atoms with E-state index in [9.17, 15) is 13.2 Å². The van der Waals surface area contributed by atoms with E-state index in [1.807, 2.05) is 0 Å². The van der Waals surface area contributed by atoms with Crippen LogP contribution in [0.15, 0.2) is 0 Å². The molecule has 1 aliphatic carbocycles. The Bertz CT molecular complexity index is 408. The maximum absolute atomic E-state index is 11.9. The Hall–Kier alpha value is -0.620. The molecule has 2 rings (SSSR count). The van der Waals surface area contributed by atoms with Gasteiger partial charge in [0.2, 0.25) is 5.91 Å². The predicted octanol–water partition coefficient (Wildman–Crippen LogP) is 0.197. The van der Waals surface area contributed by atoms with Gasteiger partial charge in [-0.25, -0.2) is 8.42 Å². The van der Waals surface area contributed by atoms with E-state index in [0.717, 1.165) is 25.7 Å². The van der Waals surface area contributed by atoms with E-state index < -0.39 is 9.84 Å². The minimum atomic E-state index is -2.89. The summed E-state index contributed by atoms with van der Waals surface area (Å²) >= 11 is 0. The summed E-state index contributed by atoms with van der Waals surface area (Å²) in [4.78, 5) is 11.9. The first-order valence-electron chi connectivity index (χ1n) is 6.71. The fraction of sp³-hybridized carbons (Fsp3) is 0.917. The van der Waals surface area contributed by atoms with Crippen molar-refractivity contribution in [1.29, 1.82) is 0 Å². The minimum Gasteiger partial charge on any atom is -0.352 e. The van der Waals surface area contributed by atoms with Gasteiger partial charge in [0.1, 0.15) is 0 Å². The number of hydrogen-bond donors (Lipinski definition) is 2. The van der Waals surface area contributed by atoms with E-state index in [1.165, 1.54) is 0 Å². The van der Waals surface area contributed by atoms with Gasteiger partial charge in [-0.2, -0.15) is 0 Å². The molecule has 0 radical (unpaired) electrons. The summed E-state index contributed by atoms with van der Waals surface area (Å²) in [6.07, 6.45) is 5.08. The zero-order valence-corrected chi connectivity index (χ0v) is 11.4. The Labute approximate surface area is 108 Å². The van der Waals surface area contributed by atoms with Crippen LogP contribution in [-0.4, -0.2) is 37.9 Å². The van der Waals surface area contributed by atoms with E-state index in [-0.39, 0.29) is 35.4 Å². The van der Waals surface area contributed by atoms with Crippen molar-refractivity contribution in [1.82, 2.24) is 5.32 Å². The topological polar surface area (TPSA) is 89.3 Å². The van der Waals surface area contributed by atoms with Crippen LogP contribution in [0.2, 0.25) is 0 Å². The Morgan fingerprint density at radius 3 is 2.56 bits per heavy atom. The van der Waals surface area contributed by atoms with E-state index in [2.05, 4.69) is 5.32 Å². The quantitative estimate of drug-likeness (QED) is 0.769.